The number of fused-ring (bicyclic) bond motifs is 1. The Bertz CT molecular complexity index is 960. The van der Waals surface area contributed by atoms with Crippen molar-refractivity contribution in [2.24, 2.45) is 0 Å². The molecule has 0 aliphatic carbocycles. The van der Waals surface area contributed by atoms with Gasteiger partial charge in [0.25, 0.3) is 5.69 Å². The maximum absolute atomic E-state index is 12.1. The van der Waals surface area contributed by atoms with Gasteiger partial charge in [0.05, 0.1) is 15.9 Å². The van der Waals surface area contributed by atoms with Crippen molar-refractivity contribution in [3.05, 3.63) is 62.8 Å². The Balaban J connectivity index is 2.32. The summed E-state index contributed by atoms with van der Waals surface area (Å²) in [6.45, 7) is 0. The van der Waals surface area contributed by atoms with E-state index >= 15 is 0 Å². The van der Waals surface area contributed by atoms with E-state index in [4.69, 9.17) is 4.42 Å². The Kier molecular flexibility index (Phi) is 3.03. The van der Waals surface area contributed by atoms with E-state index in [9.17, 15) is 25.1 Å². The van der Waals surface area contributed by atoms with Crippen molar-refractivity contribution in [1.82, 2.24) is 0 Å². The highest BCUT2D eigenvalue weighted by atomic mass is 16.6. The van der Waals surface area contributed by atoms with Crippen LogP contribution in [0.2, 0.25) is 0 Å². The lowest BCUT2D eigenvalue weighted by Gasteiger charge is -2.05. The molecule has 0 atom stereocenters. The fourth-order valence-corrected chi connectivity index (χ4v) is 2.15. The van der Waals surface area contributed by atoms with E-state index in [1.165, 1.54) is 18.2 Å². The Labute approximate surface area is 122 Å². The van der Waals surface area contributed by atoms with E-state index in [1.807, 2.05) is 0 Å². The third-order valence-corrected chi connectivity index (χ3v) is 3.19. The molecule has 1 aromatic heterocycles. The normalized spacial score (nSPS) is 10.7. The molecule has 0 saturated heterocycles. The molecular formula is C15H9NO6. The minimum atomic E-state index is -0.576. The van der Waals surface area contributed by atoms with Crippen LogP contribution in [0.4, 0.5) is 5.69 Å². The molecule has 7 nitrogen and oxygen atoms in total. The van der Waals surface area contributed by atoms with Gasteiger partial charge in [0.15, 0.2) is 16.9 Å². The first kappa shape index (κ1) is 13.6. The average Bonchev–Trinajstić information content (AvgIpc) is 2.49. The smallest absolute Gasteiger partial charge is 0.280 e. The van der Waals surface area contributed by atoms with Crippen LogP contribution in [0, 0.1) is 10.1 Å². The highest BCUT2D eigenvalue weighted by molar-refractivity contribution is 5.83. The van der Waals surface area contributed by atoms with Gasteiger partial charge in [-0.25, -0.2) is 0 Å². The van der Waals surface area contributed by atoms with Crippen molar-refractivity contribution < 1.29 is 19.6 Å². The lowest BCUT2D eigenvalue weighted by molar-refractivity contribution is -0.384. The molecule has 2 N–H and O–H groups in total. The number of rotatable bonds is 2. The van der Waals surface area contributed by atoms with Crippen molar-refractivity contribution >= 4 is 16.7 Å². The second-order valence-electron chi connectivity index (χ2n) is 4.59. The largest absolute Gasteiger partial charge is 0.504 e. The second-order valence-corrected chi connectivity index (χ2v) is 4.59. The van der Waals surface area contributed by atoms with E-state index in [2.05, 4.69) is 0 Å². The molecule has 0 bridgehead atoms. The summed E-state index contributed by atoms with van der Waals surface area (Å²) in [6.07, 6.45) is 0. The van der Waals surface area contributed by atoms with Crippen molar-refractivity contribution in [3.8, 4) is 22.8 Å². The van der Waals surface area contributed by atoms with Crippen LogP contribution in [-0.4, -0.2) is 15.1 Å². The van der Waals surface area contributed by atoms with Gasteiger partial charge in [0, 0.05) is 18.2 Å². The first-order valence-electron chi connectivity index (χ1n) is 6.21. The Morgan fingerprint density at radius 1 is 1.05 bits per heavy atom. The molecule has 0 aliphatic heterocycles. The molecule has 2 aromatic carbocycles. The van der Waals surface area contributed by atoms with Crippen LogP contribution in [0.15, 0.2) is 51.7 Å². The number of hydrogen-bond donors (Lipinski definition) is 2. The van der Waals surface area contributed by atoms with Crippen molar-refractivity contribution in [2.45, 2.75) is 0 Å². The molecule has 7 heteroatoms. The molecule has 22 heavy (non-hydrogen) atoms. The fourth-order valence-electron chi connectivity index (χ4n) is 2.15. The minimum Gasteiger partial charge on any atom is -0.504 e. The summed E-state index contributed by atoms with van der Waals surface area (Å²) in [5, 5.41) is 30.0. The highest BCUT2D eigenvalue weighted by Crippen LogP contribution is 2.33. The minimum absolute atomic E-state index is 0.00916. The predicted molar refractivity (Wildman–Crippen MR) is 77.9 cm³/mol. The van der Waals surface area contributed by atoms with Gasteiger partial charge < -0.3 is 14.6 Å². The maximum Gasteiger partial charge on any atom is 0.280 e. The van der Waals surface area contributed by atoms with Gasteiger partial charge in [-0.2, -0.15) is 0 Å². The zero-order valence-electron chi connectivity index (χ0n) is 11.0. The molecule has 0 saturated carbocycles. The summed E-state index contributed by atoms with van der Waals surface area (Å²) in [6, 6.07) is 9.13. The first-order valence-corrected chi connectivity index (χ1v) is 6.21. The molecule has 0 fully saturated rings. The Morgan fingerprint density at radius 2 is 1.73 bits per heavy atom. The Morgan fingerprint density at radius 3 is 2.45 bits per heavy atom. The van der Waals surface area contributed by atoms with Crippen molar-refractivity contribution in [1.29, 1.82) is 0 Å². The number of phenols is 2. The number of hydrogen-bond acceptors (Lipinski definition) is 6. The monoisotopic (exact) mass is 299 g/mol. The number of nitro benzene ring substituents is 1. The summed E-state index contributed by atoms with van der Waals surface area (Å²) >= 11 is 0. The van der Waals surface area contributed by atoms with Gasteiger partial charge in [-0.05, 0) is 12.1 Å². The van der Waals surface area contributed by atoms with E-state index in [1.54, 1.807) is 6.07 Å². The molecule has 3 rings (SSSR count). The van der Waals surface area contributed by atoms with E-state index in [0.717, 1.165) is 18.2 Å². The molecular weight excluding hydrogens is 290 g/mol. The number of benzene rings is 2. The zero-order valence-corrected chi connectivity index (χ0v) is 11.0. The lowest BCUT2D eigenvalue weighted by atomic mass is 10.1. The number of phenolic OH excluding ortho intramolecular Hbond substituents is 2. The molecule has 0 amide bonds. The Hall–Kier alpha value is -3.35. The van der Waals surface area contributed by atoms with E-state index < -0.39 is 21.9 Å². The summed E-state index contributed by atoms with van der Waals surface area (Å²) in [4.78, 5) is 22.6. The number of nitrogens with zero attached hydrogens (tertiary/aromatic N) is 1. The summed E-state index contributed by atoms with van der Waals surface area (Å²) in [5.74, 6) is -0.886. The van der Waals surface area contributed by atoms with Crippen LogP contribution in [0.3, 0.4) is 0 Å². The summed E-state index contributed by atoms with van der Waals surface area (Å²) in [5.41, 5.74) is -0.507. The van der Waals surface area contributed by atoms with Gasteiger partial charge in [-0.15, -0.1) is 0 Å². The third-order valence-electron chi connectivity index (χ3n) is 3.19. The lowest BCUT2D eigenvalue weighted by Crippen LogP contribution is -2.01. The van der Waals surface area contributed by atoms with Gasteiger partial charge >= 0.3 is 0 Å². The second kappa shape index (κ2) is 4.88. The van der Waals surface area contributed by atoms with Crippen LogP contribution in [0.5, 0.6) is 11.5 Å². The van der Waals surface area contributed by atoms with Crippen LogP contribution in [0.1, 0.15) is 0 Å². The SMILES string of the molecule is O=c1cc(-c2ccccc2[N+](=O)[O-])oc2cc(O)c(O)cc12. The van der Waals surface area contributed by atoms with Gasteiger partial charge in [-0.3, -0.25) is 14.9 Å². The highest BCUT2D eigenvalue weighted by Gasteiger charge is 2.18. The van der Waals surface area contributed by atoms with Crippen LogP contribution in [-0.2, 0) is 0 Å². The third kappa shape index (κ3) is 2.14. The van der Waals surface area contributed by atoms with E-state index in [0.29, 0.717) is 0 Å². The number of para-hydroxylation sites is 1. The molecule has 0 spiro atoms. The van der Waals surface area contributed by atoms with Crippen molar-refractivity contribution in [3.63, 3.8) is 0 Å². The zero-order chi connectivity index (χ0) is 15.9. The van der Waals surface area contributed by atoms with Crippen molar-refractivity contribution in [2.75, 3.05) is 0 Å². The van der Waals surface area contributed by atoms with Crippen LogP contribution >= 0.6 is 0 Å². The summed E-state index contributed by atoms with van der Waals surface area (Å²) in [7, 11) is 0. The van der Waals surface area contributed by atoms with Gasteiger partial charge in [-0.1, -0.05) is 12.1 Å². The molecule has 0 aliphatic rings. The fraction of sp³-hybridized carbons (Fsp3) is 0. The number of aromatic hydroxyl groups is 2. The molecule has 3 aromatic rings. The van der Waals surface area contributed by atoms with Crippen LogP contribution in [0.25, 0.3) is 22.3 Å². The average molecular weight is 299 g/mol. The molecule has 0 radical (unpaired) electrons. The van der Waals surface area contributed by atoms with Gasteiger partial charge in [0.1, 0.15) is 11.3 Å². The molecule has 1 heterocycles. The number of nitro groups is 1. The molecule has 0 unspecified atom stereocenters. The quantitative estimate of drug-likeness (QED) is 0.427. The standard InChI is InChI=1S/C15H9NO6/c17-11-6-14(8-3-1-2-4-10(8)16(20)21)22-15-7-13(19)12(18)5-9(11)15/h1-7,18-19H. The topological polar surface area (TPSA) is 114 Å². The maximum atomic E-state index is 12.1. The first-order chi connectivity index (χ1) is 10.5. The van der Waals surface area contributed by atoms with Gasteiger partial charge in [0.2, 0.25) is 0 Å². The predicted octanol–water partition coefficient (Wildman–Crippen LogP) is 2.78. The molecule has 110 valence electrons. The van der Waals surface area contributed by atoms with E-state index in [-0.39, 0.29) is 28.0 Å². The summed E-state index contributed by atoms with van der Waals surface area (Å²) < 4.78 is 5.48. The van der Waals surface area contributed by atoms with Crippen LogP contribution < -0.4 is 5.43 Å².